The maximum Gasteiger partial charge on any atom is 0.260 e. The zero-order valence-corrected chi connectivity index (χ0v) is 14.5. The molecule has 9 heteroatoms. The Morgan fingerprint density at radius 3 is 2.21 bits per heavy atom. The zero-order chi connectivity index (χ0) is 17.7. The molecule has 1 aromatic carbocycles. The molecule has 24 heavy (non-hydrogen) atoms. The number of benzene rings is 1. The number of nitrogens with one attached hydrogen (secondary N) is 1. The van der Waals surface area contributed by atoms with Crippen molar-refractivity contribution in [1.29, 1.82) is 0 Å². The minimum atomic E-state index is -3.21. The van der Waals surface area contributed by atoms with Crippen LogP contribution in [-0.2, 0) is 19.6 Å². The maximum absolute atomic E-state index is 12.1. The number of rotatable bonds is 5. The molecule has 1 saturated heterocycles. The lowest BCUT2D eigenvalue weighted by Gasteiger charge is -2.33. The maximum atomic E-state index is 12.1. The first-order valence-corrected chi connectivity index (χ1v) is 9.34. The first kappa shape index (κ1) is 18.2. The molecular weight excluding hydrogens is 334 g/mol. The van der Waals surface area contributed by atoms with Crippen LogP contribution in [0.4, 0.5) is 5.69 Å². The van der Waals surface area contributed by atoms with Crippen LogP contribution < -0.4 is 10.1 Å². The monoisotopic (exact) mass is 355 g/mol. The molecule has 132 valence electrons. The molecule has 0 bridgehead atoms. The largest absolute Gasteiger partial charge is 0.484 e. The second-order valence-electron chi connectivity index (χ2n) is 5.54. The third-order valence-electron chi connectivity index (χ3n) is 3.60. The van der Waals surface area contributed by atoms with Gasteiger partial charge in [-0.2, -0.15) is 4.31 Å². The van der Waals surface area contributed by atoms with E-state index in [1.807, 2.05) is 0 Å². The van der Waals surface area contributed by atoms with Crippen molar-refractivity contribution in [3.63, 3.8) is 0 Å². The Labute approximate surface area is 141 Å². The van der Waals surface area contributed by atoms with Crippen LogP contribution in [0.1, 0.15) is 6.92 Å². The summed E-state index contributed by atoms with van der Waals surface area (Å²) < 4.78 is 29.7. The minimum absolute atomic E-state index is 0.113. The van der Waals surface area contributed by atoms with Gasteiger partial charge in [0.25, 0.3) is 5.91 Å². The molecule has 1 N–H and O–H groups in total. The van der Waals surface area contributed by atoms with Crippen molar-refractivity contribution < 1.29 is 22.7 Å². The fourth-order valence-corrected chi connectivity index (χ4v) is 3.17. The molecular formula is C15H21N3O5S. The minimum Gasteiger partial charge on any atom is -0.484 e. The number of hydrogen-bond donors (Lipinski definition) is 1. The summed E-state index contributed by atoms with van der Waals surface area (Å²) in [6.45, 7) is 2.63. The van der Waals surface area contributed by atoms with Gasteiger partial charge in [-0.1, -0.05) is 0 Å². The molecule has 0 aromatic heterocycles. The fourth-order valence-electron chi connectivity index (χ4n) is 2.34. The van der Waals surface area contributed by atoms with Crippen LogP contribution in [0.25, 0.3) is 0 Å². The van der Waals surface area contributed by atoms with Crippen LogP contribution in [0.5, 0.6) is 5.75 Å². The highest BCUT2D eigenvalue weighted by atomic mass is 32.2. The number of carbonyl (C=O) groups is 2. The van der Waals surface area contributed by atoms with E-state index in [0.29, 0.717) is 37.6 Å². The number of hydrogen-bond acceptors (Lipinski definition) is 5. The second-order valence-corrected chi connectivity index (χ2v) is 7.52. The summed E-state index contributed by atoms with van der Waals surface area (Å²) in [7, 11) is -3.21. The van der Waals surface area contributed by atoms with Gasteiger partial charge < -0.3 is 15.0 Å². The van der Waals surface area contributed by atoms with Gasteiger partial charge in [-0.05, 0) is 24.3 Å². The molecule has 2 amide bonds. The number of amides is 2. The molecule has 8 nitrogen and oxygen atoms in total. The quantitative estimate of drug-likeness (QED) is 0.810. The number of nitrogens with zero attached hydrogens (tertiary/aromatic N) is 2. The normalized spacial score (nSPS) is 15.8. The van der Waals surface area contributed by atoms with Crippen LogP contribution in [0.15, 0.2) is 24.3 Å². The second kappa shape index (κ2) is 7.63. The number of sulfonamides is 1. The highest BCUT2D eigenvalue weighted by Gasteiger charge is 2.26. The average molecular weight is 355 g/mol. The first-order valence-electron chi connectivity index (χ1n) is 7.49. The van der Waals surface area contributed by atoms with Crippen LogP contribution in [0, 0.1) is 0 Å². The Balaban J connectivity index is 1.80. The van der Waals surface area contributed by atoms with Crippen molar-refractivity contribution in [2.45, 2.75) is 6.92 Å². The summed E-state index contributed by atoms with van der Waals surface area (Å²) in [6.07, 6.45) is 1.16. The Morgan fingerprint density at radius 1 is 1.12 bits per heavy atom. The molecule has 2 rings (SSSR count). The molecule has 0 atom stereocenters. The van der Waals surface area contributed by atoms with E-state index in [4.69, 9.17) is 4.74 Å². The van der Waals surface area contributed by atoms with Crippen molar-refractivity contribution in [2.75, 3.05) is 44.4 Å². The van der Waals surface area contributed by atoms with Gasteiger partial charge in [0.1, 0.15) is 5.75 Å². The summed E-state index contributed by atoms with van der Waals surface area (Å²) >= 11 is 0. The SMILES string of the molecule is CC(=O)Nc1ccc(OCC(=O)N2CCN(S(C)(=O)=O)CC2)cc1. The molecule has 1 aliphatic rings. The lowest BCUT2D eigenvalue weighted by Crippen LogP contribution is -2.51. The number of anilines is 1. The molecule has 1 heterocycles. The van der Waals surface area contributed by atoms with Gasteiger partial charge in [-0.25, -0.2) is 8.42 Å². The van der Waals surface area contributed by atoms with Crippen LogP contribution >= 0.6 is 0 Å². The van der Waals surface area contributed by atoms with Crippen LogP contribution in [0.3, 0.4) is 0 Å². The van der Waals surface area contributed by atoms with Gasteiger partial charge in [0.05, 0.1) is 6.26 Å². The van der Waals surface area contributed by atoms with E-state index in [2.05, 4.69) is 5.32 Å². The van der Waals surface area contributed by atoms with Gasteiger partial charge >= 0.3 is 0 Å². The summed E-state index contributed by atoms with van der Waals surface area (Å²) in [5.74, 6) is 0.174. The smallest absolute Gasteiger partial charge is 0.260 e. The van der Waals surface area contributed by atoms with E-state index in [0.717, 1.165) is 6.26 Å². The summed E-state index contributed by atoms with van der Waals surface area (Å²) in [5.41, 5.74) is 0.651. The zero-order valence-electron chi connectivity index (χ0n) is 13.7. The van der Waals surface area contributed by atoms with E-state index in [1.165, 1.54) is 11.2 Å². The van der Waals surface area contributed by atoms with Crippen molar-refractivity contribution in [2.24, 2.45) is 0 Å². The number of piperazine rings is 1. The van der Waals surface area contributed by atoms with E-state index < -0.39 is 10.0 Å². The lowest BCUT2D eigenvalue weighted by atomic mass is 10.3. The Bertz CT molecular complexity index is 694. The number of ether oxygens (including phenoxy) is 1. The Kier molecular flexibility index (Phi) is 5.79. The van der Waals surface area contributed by atoms with Crippen molar-refractivity contribution in [3.8, 4) is 5.75 Å². The molecule has 0 unspecified atom stereocenters. The van der Waals surface area contributed by atoms with Gasteiger partial charge in [-0.3, -0.25) is 9.59 Å². The van der Waals surface area contributed by atoms with E-state index >= 15 is 0 Å². The van der Waals surface area contributed by atoms with E-state index in [-0.39, 0.29) is 18.4 Å². The summed E-state index contributed by atoms with van der Waals surface area (Å²) in [6, 6.07) is 6.71. The highest BCUT2D eigenvalue weighted by Crippen LogP contribution is 2.16. The van der Waals surface area contributed by atoms with Gasteiger partial charge in [0.2, 0.25) is 15.9 Å². The first-order chi connectivity index (χ1) is 11.3. The lowest BCUT2D eigenvalue weighted by molar-refractivity contribution is -0.134. The third kappa shape index (κ3) is 5.20. The molecule has 1 aromatic rings. The molecule has 0 saturated carbocycles. The van der Waals surface area contributed by atoms with Crippen LogP contribution in [0.2, 0.25) is 0 Å². The topological polar surface area (TPSA) is 96.0 Å². The van der Waals surface area contributed by atoms with Crippen molar-refractivity contribution in [3.05, 3.63) is 24.3 Å². The predicted octanol–water partition coefficient (Wildman–Crippen LogP) is 0.128. The fraction of sp³-hybridized carbons (Fsp3) is 0.467. The summed E-state index contributed by atoms with van der Waals surface area (Å²) in [5, 5.41) is 2.64. The highest BCUT2D eigenvalue weighted by molar-refractivity contribution is 7.88. The van der Waals surface area contributed by atoms with E-state index in [9.17, 15) is 18.0 Å². The predicted molar refractivity (Wildman–Crippen MR) is 89.2 cm³/mol. The molecule has 0 radical (unpaired) electrons. The standard InChI is InChI=1S/C15H21N3O5S/c1-12(19)16-13-3-5-14(6-4-13)23-11-15(20)17-7-9-18(10-8-17)24(2,21)22/h3-6H,7-11H2,1-2H3,(H,16,19). The Morgan fingerprint density at radius 2 is 1.71 bits per heavy atom. The van der Waals surface area contributed by atoms with Gasteiger partial charge in [-0.15, -0.1) is 0 Å². The number of carbonyl (C=O) groups excluding carboxylic acids is 2. The summed E-state index contributed by atoms with van der Waals surface area (Å²) in [4.78, 5) is 24.6. The molecule has 0 spiro atoms. The molecule has 0 aliphatic carbocycles. The van der Waals surface area contributed by atoms with Gasteiger partial charge in [0.15, 0.2) is 6.61 Å². The van der Waals surface area contributed by atoms with Gasteiger partial charge in [0, 0.05) is 38.8 Å². The average Bonchev–Trinajstić information content (AvgIpc) is 2.52. The van der Waals surface area contributed by atoms with Crippen molar-refractivity contribution >= 4 is 27.5 Å². The van der Waals surface area contributed by atoms with Crippen LogP contribution in [-0.4, -0.2) is 68.5 Å². The van der Waals surface area contributed by atoms with E-state index in [1.54, 1.807) is 29.2 Å². The third-order valence-corrected chi connectivity index (χ3v) is 4.90. The molecule has 1 aliphatic heterocycles. The molecule has 1 fully saturated rings. The van der Waals surface area contributed by atoms with Crippen molar-refractivity contribution in [1.82, 2.24) is 9.21 Å². The Hall–Kier alpha value is -2.13.